The van der Waals surface area contributed by atoms with Crippen molar-refractivity contribution in [2.45, 2.75) is 12.8 Å². The molecule has 0 unspecified atom stereocenters. The van der Waals surface area contributed by atoms with E-state index < -0.39 is 0 Å². The number of nitrogens with zero attached hydrogens (tertiary/aromatic N) is 4. The number of fused-ring (bicyclic) bond motifs is 1. The topological polar surface area (TPSA) is 55.6 Å². The zero-order valence-corrected chi connectivity index (χ0v) is 14.9. The fourth-order valence-corrected chi connectivity index (χ4v) is 3.24. The molecule has 4 rings (SSSR count). The van der Waals surface area contributed by atoms with Gasteiger partial charge in [0.15, 0.2) is 11.5 Å². The molecule has 5 nitrogen and oxygen atoms in total. The minimum atomic E-state index is 0.228. The Balaban J connectivity index is 1.68. The molecule has 2 aromatic heterocycles. The van der Waals surface area contributed by atoms with E-state index in [9.17, 15) is 0 Å². The fourth-order valence-electron chi connectivity index (χ4n) is 3.24. The maximum atomic E-state index is 4.58. The molecule has 0 amide bonds. The summed E-state index contributed by atoms with van der Waals surface area (Å²) >= 11 is 0. The molecule has 0 spiro atoms. The van der Waals surface area contributed by atoms with Gasteiger partial charge in [-0.3, -0.25) is 0 Å². The number of rotatable bonds is 5. The molecule has 0 radical (unpaired) electrons. The van der Waals surface area contributed by atoms with Crippen LogP contribution in [0.3, 0.4) is 0 Å². The first kappa shape index (κ1) is 16.3. The van der Waals surface area contributed by atoms with Gasteiger partial charge in [-0.15, -0.1) is 0 Å². The Morgan fingerprint density at radius 1 is 0.923 bits per heavy atom. The summed E-state index contributed by atoms with van der Waals surface area (Å²) in [5.41, 5.74) is 4.19. The third kappa shape index (κ3) is 3.16. The average molecular weight is 343 g/mol. The molecule has 0 saturated heterocycles. The summed E-state index contributed by atoms with van der Waals surface area (Å²) in [5.74, 6) is 1.75. The summed E-state index contributed by atoms with van der Waals surface area (Å²) in [6.07, 6.45) is 1.77. The van der Waals surface area contributed by atoms with Crippen LogP contribution < -0.4 is 5.32 Å². The zero-order valence-electron chi connectivity index (χ0n) is 14.9. The number of benzene rings is 2. The normalized spacial score (nSPS) is 11.2. The van der Waals surface area contributed by atoms with Crippen molar-refractivity contribution in [2.24, 2.45) is 7.05 Å². The maximum absolute atomic E-state index is 4.58. The molecule has 2 heterocycles. The van der Waals surface area contributed by atoms with E-state index in [2.05, 4.69) is 68.8 Å². The smallest absolute Gasteiger partial charge is 0.165 e. The van der Waals surface area contributed by atoms with Gasteiger partial charge in [-0.1, -0.05) is 60.7 Å². The fraction of sp³-hybridized carbons (Fsp3) is 0.190. The molecular weight excluding hydrogens is 322 g/mol. The van der Waals surface area contributed by atoms with Crippen molar-refractivity contribution in [2.75, 3.05) is 11.9 Å². The van der Waals surface area contributed by atoms with Crippen LogP contribution in [-0.4, -0.2) is 26.1 Å². The van der Waals surface area contributed by atoms with Crippen LogP contribution in [0.25, 0.3) is 11.2 Å². The Bertz CT molecular complexity index is 969. The van der Waals surface area contributed by atoms with Crippen LogP contribution in [0.1, 0.15) is 22.9 Å². The molecule has 26 heavy (non-hydrogen) atoms. The molecule has 0 fully saturated rings. The van der Waals surface area contributed by atoms with Crippen molar-refractivity contribution in [3.63, 3.8) is 0 Å². The van der Waals surface area contributed by atoms with Crippen molar-refractivity contribution in [1.82, 2.24) is 19.5 Å². The van der Waals surface area contributed by atoms with Crippen molar-refractivity contribution < 1.29 is 0 Å². The molecule has 0 aliphatic rings. The molecule has 1 N–H and O–H groups in total. The second-order valence-electron chi connectivity index (χ2n) is 6.40. The minimum absolute atomic E-state index is 0.228. The molecule has 0 aliphatic carbocycles. The first-order chi connectivity index (χ1) is 12.7. The molecule has 0 aliphatic heterocycles. The van der Waals surface area contributed by atoms with Gasteiger partial charge in [0.25, 0.3) is 0 Å². The Labute approximate surface area is 152 Å². The highest BCUT2D eigenvalue weighted by atomic mass is 15.1. The largest absolute Gasteiger partial charge is 0.367 e. The van der Waals surface area contributed by atoms with Gasteiger partial charge in [0.1, 0.15) is 11.3 Å². The number of hydrogen-bond acceptors (Lipinski definition) is 4. The second-order valence-corrected chi connectivity index (χ2v) is 6.40. The van der Waals surface area contributed by atoms with Crippen LogP contribution in [0.2, 0.25) is 0 Å². The van der Waals surface area contributed by atoms with Crippen molar-refractivity contribution in [3.05, 3.63) is 83.9 Å². The van der Waals surface area contributed by atoms with E-state index in [1.165, 1.54) is 11.1 Å². The van der Waals surface area contributed by atoms with Gasteiger partial charge >= 0.3 is 0 Å². The van der Waals surface area contributed by atoms with Crippen molar-refractivity contribution >= 4 is 17.0 Å². The van der Waals surface area contributed by atoms with E-state index in [0.29, 0.717) is 0 Å². The first-order valence-corrected chi connectivity index (χ1v) is 8.72. The van der Waals surface area contributed by atoms with Gasteiger partial charge in [0.2, 0.25) is 0 Å². The highest BCUT2D eigenvalue weighted by molar-refractivity contribution is 5.83. The number of aryl methyl sites for hydroxylation is 2. The molecule has 2 aromatic carbocycles. The molecule has 4 aromatic rings. The molecule has 0 saturated carbocycles. The number of imidazole rings is 1. The summed E-state index contributed by atoms with van der Waals surface area (Å²) in [6.45, 7) is 2.64. The molecular formula is C21H21N5. The molecule has 0 bridgehead atoms. The average Bonchev–Trinajstić information content (AvgIpc) is 3.04. The summed E-state index contributed by atoms with van der Waals surface area (Å²) in [6, 6.07) is 21.1. The number of hydrogen-bond donors (Lipinski definition) is 1. The van der Waals surface area contributed by atoms with E-state index in [1.54, 1.807) is 6.33 Å². The number of anilines is 1. The molecule has 0 atom stereocenters. The van der Waals surface area contributed by atoms with Crippen LogP contribution in [0.5, 0.6) is 0 Å². The summed E-state index contributed by atoms with van der Waals surface area (Å²) in [7, 11) is 1.95. The van der Waals surface area contributed by atoms with Gasteiger partial charge in [-0.25, -0.2) is 15.0 Å². The van der Waals surface area contributed by atoms with Crippen molar-refractivity contribution in [3.8, 4) is 0 Å². The van der Waals surface area contributed by atoms with Crippen LogP contribution in [0.4, 0.5) is 5.82 Å². The highest BCUT2D eigenvalue weighted by Crippen LogP contribution is 2.26. The number of nitrogens with one attached hydrogen (secondary N) is 1. The number of aromatic nitrogens is 4. The minimum Gasteiger partial charge on any atom is -0.367 e. The van der Waals surface area contributed by atoms with Gasteiger partial charge in [-0.05, 0) is 18.1 Å². The lowest BCUT2D eigenvalue weighted by atomic mass is 9.91. The Morgan fingerprint density at radius 3 is 2.15 bits per heavy atom. The van der Waals surface area contributed by atoms with E-state index >= 15 is 0 Å². The predicted molar refractivity (Wildman–Crippen MR) is 104 cm³/mol. The molecule has 130 valence electrons. The Kier molecular flexibility index (Phi) is 4.35. The summed E-state index contributed by atoms with van der Waals surface area (Å²) in [4.78, 5) is 13.5. The van der Waals surface area contributed by atoms with Crippen LogP contribution in [0, 0.1) is 6.92 Å². The summed E-state index contributed by atoms with van der Waals surface area (Å²) < 4.78 is 1.92. The van der Waals surface area contributed by atoms with Gasteiger partial charge in [0.05, 0.1) is 6.33 Å². The van der Waals surface area contributed by atoms with Crippen LogP contribution in [0.15, 0.2) is 67.0 Å². The SMILES string of the molecule is Cc1nc(NCC(c2ccccc2)c2ccccc2)c2ncn(C)c2n1. The Morgan fingerprint density at radius 2 is 1.54 bits per heavy atom. The predicted octanol–water partition coefficient (Wildman–Crippen LogP) is 3.92. The lowest BCUT2D eigenvalue weighted by Crippen LogP contribution is -2.15. The lowest BCUT2D eigenvalue weighted by Gasteiger charge is -2.19. The summed E-state index contributed by atoms with van der Waals surface area (Å²) in [5, 5.41) is 3.51. The third-order valence-corrected chi connectivity index (χ3v) is 4.55. The quantitative estimate of drug-likeness (QED) is 0.597. The second kappa shape index (κ2) is 6.96. The first-order valence-electron chi connectivity index (χ1n) is 8.72. The Hall–Kier alpha value is -3.21. The van der Waals surface area contributed by atoms with E-state index in [4.69, 9.17) is 0 Å². The van der Waals surface area contributed by atoms with Gasteiger partial charge in [-0.2, -0.15) is 0 Å². The zero-order chi connectivity index (χ0) is 17.9. The third-order valence-electron chi connectivity index (χ3n) is 4.55. The monoisotopic (exact) mass is 343 g/mol. The maximum Gasteiger partial charge on any atom is 0.165 e. The van der Waals surface area contributed by atoms with Crippen LogP contribution >= 0.6 is 0 Å². The molecule has 5 heteroatoms. The van der Waals surface area contributed by atoms with E-state index in [1.807, 2.05) is 30.7 Å². The van der Waals surface area contributed by atoms with Crippen LogP contribution in [-0.2, 0) is 7.05 Å². The standard InChI is InChI=1S/C21H21N5/c1-15-24-20(19-21(25-15)26(2)14-23-19)22-13-18(16-9-5-3-6-10-16)17-11-7-4-8-12-17/h3-12,14,18H,13H2,1-2H3,(H,22,24,25). The van der Waals surface area contributed by atoms with Gasteiger partial charge in [0, 0.05) is 19.5 Å². The van der Waals surface area contributed by atoms with E-state index in [0.717, 1.165) is 29.4 Å². The van der Waals surface area contributed by atoms with E-state index in [-0.39, 0.29) is 5.92 Å². The highest BCUT2D eigenvalue weighted by Gasteiger charge is 2.16. The van der Waals surface area contributed by atoms with Crippen molar-refractivity contribution in [1.29, 1.82) is 0 Å². The lowest BCUT2D eigenvalue weighted by molar-refractivity contribution is 0.847. The van der Waals surface area contributed by atoms with Gasteiger partial charge < -0.3 is 9.88 Å².